The average molecular weight is 434 g/mol. The van der Waals surface area contributed by atoms with Crippen LogP contribution < -0.4 is 4.74 Å². The zero-order valence-electron chi connectivity index (χ0n) is 18.2. The molecule has 0 spiro atoms. The molecule has 2 heteroatoms. The third-order valence-corrected chi connectivity index (χ3v) is 7.05. The highest BCUT2D eigenvalue weighted by atomic mass is 16.5. The maximum Gasteiger partial charge on any atom is 0.135 e. The third kappa shape index (κ3) is 2.40. The zero-order chi connectivity index (χ0) is 22.2. The van der Waals surface area contributed by atoms with Gasteiger partial charge in [0.25, 0.3) is 0 Å². The number of furan rings is 1. The quantitative estimate of drug-likeness (QED) is 0.240. The molecule has 0 unspecified atom stereocenters. The standard InChI is InChI=1S/C32H18O2/c1-2-7-22-21(6-1)18-27-26-17-20(13-15-30(26)34-31-11-5-9-24(22)32(27)31)19-12-14-29-25(16-19)23-8-3-4-10-28(23)33-29/h1-18H. The fraction of sp³-hybridized carbons (Fsp3) is 0. The number of para-hydroxylation sites is 1. The van der Waals surface area contributed by atoms with Gasteiger partial charge in [0.2, 0.25) is 0 Å². The van der Waals surface area contributed by atoms with E-state index in [2.05, 4.69) is 97.1 Å². The SMILES string of the molecule is c1ccc2c(c1)cc1c3c(cccc32)Oc2ccc(-c3ccc4oc5ccccc5c4c3)cc2-1. The largest absolute Gasteiger partial charge is 0.456 e. The van der Waals surface area contributed by atoms with Gasteiger partial charge in [0.1, 0.15) is 22.7 Å². The van der Waals surface area contributed by atoms with E-state index in [1.165, 1.54) is 27.1 Å². The highest BCUT2D eigenvalue weighted by molar-refractivity contribution is 6.17. The summed E-state index contributed by atoms with van der Waals surface area (Å²) in [5.41, 5.74) is 6.51. The van der Waals surface area contributed by atoms with E-state index >= 15 is 0 Å². The van der Waals surface area contributed by atoms with Crippen LogP contribution in [0.15, 0.2) is 114 Å². The molecular weight excluding hydrogens is 416 g/mol. The van der Waals surface area contributed by atoms with Gasteiger partial charge in [0.05, 0.1) is 0 Å². The summed E-state index contributed by atoms with van der Waals surface area (Å²) in [4.78, 5) is 0. The molecule has 0 radical (unpaired) electrons. The van der Waals surface area contributed by atoms with E-state index in [4.69, 9.17) is 9.15 Å². The van der Waals surface area contributed by atoms with Crippen molar-refractivity contribution >= 4 is 43.5 Å². The van der Waals surface area contributed by atoms with Crippen molar-refractivity contribution in [1.82, 2.24) is 0 Å². The Morgan fingerprint density at radius 2 is 1.21 bits per heavy atom. The van der Waals surface area contributed by atoms with Gasteiger partial charge in [-0.15, -0.1) is 0 Å². The lowest BCUT2D eigenvalue weighted by molar-refractivity contribution is 0.487. The Bertz CT molecular complexity index is 1940. The molecule has 158 valence electrons. The van der Waals surface area contributed by atoms with Crippen LogP contribution >= 0.6 is 0 Å². The van der Waals surface area contributed by atoms with Crippen molar-refractivity contribution in [2.24, 2.45) is 0 Å². The summed E-state index contributed by atoms with van der Waals surface area (Å²) in [5.74, 6) is 1.82. The summed E-state index contributed by atoms with van der Waals surface area (Å²) in [6.07, 6.45) is 0. The predicted octanol–water partition coefficient (Wildman–Crippen LogP) is 9.33. The van der Waals surface area contributed by atoms with Crippen LogP contribution in [-0.4, -0.2) is 0 Å². The second kappa shape index (κ2) is 6.49. The van der Waals surface area contributed by atoms with Gasteiger partial charge >= 0.3 is 0 Å². The molecule has 34 heavy (non-hydrogen) atoms. The fourth-order valence-electron chi connectivity index (χ4n) is 5.46. The van der Waals surface area contributed by atoms with Crippen molar-refractivity contribution in [1.29, 1.82) is 0 Å². The Morgan fingerprint density at radius 1 is 0.441 bits per heavy atom. The van der Waals surface area contributed by atoms with Crippen LogP contribution in [0.3, 0.4) is 0 Å². The van der Waals surface area contributed by atoms with Crippen LogP contribution in [0, 0.1) is 0 Å². The summed E-state index contributed by atoms with van der Waals surface area (Å²) in [6.45, 7) is 0. The first kappa shape index (κ1) is 17.9. The molecule has 0 fully saturated rings. The molecule has 6 aromatic carbocycles. The normalized spacial score (nSPS) is 12.4. The molecule has 0 aliphatic carbocycles. The molecular formula is C32H18O2. The summed E-state index contributed by atoms with van der Waals surface area (Å²) < 4.78 is 12.4. The number of fused-ring (bicyclic) bond motifs is 7. The first-order valence-corrected chi connectivity index (χ1v) is 11.5. The fourth-order valence-corrected chi connectivity index (χ4v) is 5.46. The van der Waals surface area contributed by atoms with E-state index in [0.29, 0.717) is 0 Å². The molecule has 7 aromatic rings. The highest BCUT2D eigenvalue weighted by Gasteiger charge is 2.22. The molecule has 0 bridgehead atoms. The van der Waals surface area contributed by atoms with Crippen molar-refractivity contribution in [3.8, 4) is 33.8 Å². The lowest BCUT2D eigenvalue weighted by atomic mass is 9.89. The summed E-state index contributed by atoms with van der Waals surface area (Å²) in [5, 5.41) is 7.19. The van der Waals surface area contributed by atoms with Gasteiger partial charge in [-0.25, -0.2) is 0 Å². The lowest BCUT2D eigenvalue weighted by Crippen LogP contribution is -1.98. The number of ether oxygens (including phenoxy) is 1. The molecule has 1 aromatic heterocycles. The number of rotatable bonds is 1. The number of benzene rings is 6. The van der Waals surface area contributed by atoms with E-state index in [-0.39, 0.29) is 0 Å². The molecule has 0 saturated heterocycles. The molecule has 0 N–H and O–H groups in total. The molecule has 1 aliphatic rings. The molecule has 2 nitrogen and oxygen atoms in total. The van der Waals surface area contributed by atoms with Gasteiger partial charge in [0, 0.05) is 21.7 Å². The van der Waals surface area contributed by atoms with Crippen LogP contribution in [0.1, 0.15) is 0 Å². The Labute approximate surface area is 195 Å². The van der Waals surface area contributed by atoms with Gasteiger partial charge in [-0.2, -0.15) is 0 Å². The first-order valence-electron chi connectivity index (χ1n) is 11.5. The van der Waals surface area contributed by atoms with Crippen molar-refractivity contribution in [2.75, 3.05) is 0 Å². The minimum atomic E-state index is 0.897. The Balaban J connectivity index is 1.38. The Hall–Kier alpha value is -4.56. The maximum absolute atomic E-state index is 6.39. The van der Waals surface area contributed by atoms with Crippen molar-refractivity contribution in [3.63, 3.8) is 0 Å². The van der Waals surface area contributed by atoms with Crippen LogP contribution in [0.25, 0.3) is 65.7 Å². The van der Waals surface area contributed by atoms with Crippen molar-refractivity contribution in [3.05, 3.63) is 109 Å². The maximum atomic E-state index is 6.39. The Kier molecular flexibility index (Phi) is 3.42. The predicted molar refractivity (Wildman–Crippen MR) is 140 cm³/mol. The van der Waals surface area contributed by atoms with E-state index in [0.717, 1.165) is 50.1 Å². The van der Waals surface area contributed by atoms with Gasteiger partial charge in [-0.1, -0.05) is 66.7 Å². The minimum absolute atomic E-state index is 0.897. The molecule has 2 heterocycles. The van der Waals surface area contributed by atoms with Crippen molar-refractivity contribution in [2.45, 2.75) is 0 Å². The molecule has 0 amide bonds. The lowest BCUT2D eigenvalue weighted by Gasteiger charge is -2.23. The van der Waals surface area contributed by atoms with E-state index in [9.17, 15) is 0 Å². The van der Waals surface area contributed by atoms with E-state index in [1.807, 2.05) is 12.1 Å². The molecule has 0 saturated carbocycles. The number of hydrogen-bond donors (Lipinski definition) is 0. The van der Waals surface area contributed by atoms with Gasteiger partial charge < -0.3 is 9.15 Å². The van der Waals surface area contributed by atoms with Gasteiger partial charge in [0.15, 0.2) is 0 Å². The van der Waals surface area contributed by atoms with Gasteiger partial charge in [-0.3, -0.25) is 0 Å². The molecule has 8 rings (SSSR count). The minimum Gasteiger partial charge on any atom is -0.456 e. The summed E-state index contributed by atoms with van der Waals surface area (Å²) >= 11 is 0. The van der Waals surface area contributed by atoms with Crippen LogP contribution in [-0.2, 0) is 0 Å². The zero-order valence-corrected chi connectivity index (χ0v) is 18.2. The van der Waals surface area contributed by atoms with E-state index in [1.54, 1.807) is 0 Å². The Morgan fingerprint density at radius 3 is 2.18 bits per heavy atom. The average Bonchev–Trinajstić information content (AvgIpc) is 3.27. The van der Waals surface area contributed by atoms with Crippen LogP contribution in [0.2, 0.25) is 0 Å². The highest BCUT2D eigenvalue weighted by Crippen LogP contribution is 2.49. The second-order valence-electron chi connectivity index (χ2n) is 8.95. The smallest absolute Gasteiger partial charge is 0.135 e. The monoisotopic (exact) mass is 434 g/mol. The molecule has 0 atom stereocenters. The summed E-state index contributed by atoms with van der Waals surface area (Å²) in [7, 11) is 0. The molecule has 1 aliphatic heterocycles. The van der Waals surface area contributed by atoms with Crippen LogP contribution in [0.5, 0.6) is 11.5 Å². The topological polar surface area (TPSA) is 22.4 Å². The second-order valence-corrected chi connectivity index (χ2v) is 8.95. The first-order chi connectivity index (χ1) is 16.8. The summed E-state index contributed by atoms with van der Waals surface area (Å²) in [6, 6.07) is 38.4. The van der Waals surface area contributed by atoms with Crippen molar-refractivity contribution < 1.29 is 9.15 Å². The van der Waals surface area contributed by atoms with Crippen LogP contribution in [0.4, 0.5) is 0 Å². The number of hydrogen-bond acceptors (Lipinski definition) is 2. The third-order valence-electron chi connectivity index (χ3n) is 7.05. The van der Waals surface area contributed by atoms with E-state index < -0.39 is 0 Å². The van der Waals surface area contributed by atoms with Gasteiger partial charge in [-0.05, 0) is 75.3 Å².